The Morgan fingerprint density at radius 1 is 1.14 bits per heavy atom. The first kappa shape index (κ1) is 19.4. The van der Waals surface area contributed by atoms with Crippen LogP contribution in [0.2, 0.25) is 0 Å². The standard InChI is InChI=1S/C22H31N3O3/c1-23(2)12-19(27)25-18(13-26)20(16-8-4-3-5-9-16)22(25)14-24(15-22)21(28)17-10-6-7-11-17/h3-5,8-9,17-18,20,26H,6-7,10-15H2,1-2H3/t18-,20-/m0/s1. The summed E-state index contributed by atoms with van der Waals surface area (Å²) >= 11 is 0. The van der Waals surface area contributed by atoms with E-state index in [1.807, 2.05) is 47.0 Å². The highest BCUT2D eigenvalue weighted by Gasteiger charge is 2.68. The quantitative estimate of drug-likeness (QED) is 0.830. The summed E-state index contributed by atoms with van der Waals surface area (Å²) in [6.07, 6.45) is 4.27. The van der Waals surface area contributed by atoms with Crippen LogP contribution >= 0.6 is 0 Å². The lowest BCUT2D eigenvalue weighted by molar-refractivity contribution is -0.204. The third kappa shape index (κ3) is 3.03. The Morgan fingerprint density at radius 2 is 1.79 bits per heavy atom. The Labute approximate surface area is 167 Å². The second-order valence-corrected chi connectivity index (χ2v) is 8.92. The molecule has 0 unspecified atom stereocenters. The number of likely N-dealkylation sites (tertiary alicyclic amines) is 2. The summed E-state index contributed by atoms with van der Waals surface area (Å²) in [7, 11) is 3.76. The van der Waals surface area contributed by atoms with Gasteiger partial charge in [-0.3, -0.25) is 9.59 Å². The highest BCUT2D eigenvalue weighted by atomic mass is 16.3. The summed E-state index contributed by atoms with van der Waals surface area (Å²) in [6, 6.07) is 9.91. The fourth-order valence-electron chi connectivity index (χ4n) is 5.62. The predicted molar refractivity (Wildman–Crippen MR) is 107 cm³/mol. The number of aliphatic hydroxyl groups excluding tert-OH is 1. The first-order chi connectivity index (χ1) is 13.5. The van der Waals surface area contributed by atoms with Crippen LogP contribution in [0.1, 0.15) is 37.2 Å². The Kier molecular flexibility index (Phi) is 5.19. The highest BCUT2D eigenvalue weighted by Crippen LogP contribution is 2.54. The number of hydrogen-bond donors (Lipinski definition) is 1. The van der Waals surface area contributed by atoms with Crippen molar-refractivity contribution in [3.05, 3.63) is 35.9 Å². The van der Waals surface area contributed by atoms with Gasteiger partial charge in [0.25, 0.3) is 0 Å². The van der Waals surface area contributed by atoms with Crippen LogP contribution in [0.4, 0.5) is 0 Å². The lowest BCUT2D eigenvalue weighted by Crippen LogP contribution is -2.86. The maximum Gasteiger partial charge on any atom is 0.237 e. The molecule has 1 aromatic carbocycles. The van der Waals surface area contributed by atoms with E-state index < -0.39 is 0 Å². The molecule has 1 saturated carbocycles. The molecule has 3 fully saturated rings. The van der Waals surface area contributed by atoms with Gasteiger partial charge in [0, 0.05) is 24.9 Å². The van der Waals surface area contributed by atoms with Crippen LogP contribution in [0.5, 0.6) is 0 Å². The number of nitrogens with zero attached hydrogens (tertiary/aromatic N) is 3. The first-order valence-electron chi connectivity index (χ1n) is 10.4. The van der Waals surface area contributed by atoms with Gasteiger partial charge in [-0.25, -0.2) is 0 Å². The van der Waals surface area contributed by atoms with Gasteiger partial charge in [0.05, 0.1) is 24.7 Å². The number of hydrogen-bond acceptors (Lipinski definition) is 4. The fraction of sp³-hybridized carbons (Fsp3) is 0.636. The molecule has 2 amide bonds. The zero-order chi connectivity index (χ0) is 19.9. The fourth-order valence-corrected chi connectivity index (χ4v) is 5.62. The van der Waals surface area contributed by atoms with Gasteiger partial charge in [-0.05, 0) is 32.5 Å². The van der Waals surface area contributed by atoms with Crippen molar-refractivity contribution >= 4 is 11.8 Å². The van der Waals surface area contributed by atoms with Gasteiger partial charge in [-0.15, -0.1) is 0 Å². The second kappa shape index (κ2) is 7.48. The molecule has 3 aliphatic rings. The predicted octanol–water partition coefficient (Wildman–Crippen LogP) is 1.31. The molecule has 1 aromatic rings. The Hall–Kier alpha value is -1.92. The van der Waals surface area contributed by atoms with Crippen LogP contribution < -0.4 is 0 Å². The Balaban J connectivity index is 1.58. The van der Waals surface area contributed by atoms with E-state index in [0.29, 0.717) is 19.6 Å². The third-order valence-electron chi connectivity index (χ3n) is 6.79. The van der Waals surface area contributed by atoms with E-state index in [1.54, 1.807) is 0 Å². The molecule has 1 N–H and O–H groups in total. The van der Waals surface area contributed by atoms with Crippen molar-refractivity contribution in [1.82, 2.24) is 14.7 Å². The lowest BCUT2D eigenvalue weighted by Gasteiger charge is -2.70. The molecule has 2 heterocycles. The van der Waals surface area contributed by atoms with Crippen LogP contribution in [0, 0.1) is 5.92 Å². The van der Waals surface area contributed by atoms with Crippen molar-refractivity contribution in [1.29, 1.82) is 0 Å². The average molecular weight is 386 g/mol. The highest BCUT2D eigenvalue weighted by molar-refractivity contribution is 5.84. The maximum absolute atomic E-state index is 13.0. The molecule has 2 saturated heterocycles. The second-order valence-electron chi connectivity index (χ2n) is 8.92. The van der Waals surface area contributed by atoms with Gasteiger partial charge in [0.1, 0.15) is 0 Å². The summed E-state index contributed by atoms with van der Waals surface area (Å²) in [5.74, 6) is 0.510. The minimum atomic E-state index is -0.379. The van der Waals surface area contributed by atoms with Crippen LogP contribution in [-0.4, -0.2) is 83.5 Å². The summed E-state index contributed by atoms with van der Waals surface area (Å²) in [6.45, 7) is 1.42. The molecular weight excluding hydrogens is 354 g/mol. The summed E-state index contributed by atoms with van der Waals surface area (Å²) < 4.78 is 0. The van der Waals surface area contributed by atoms with Crippen molar-refractivity contribution < 1.29 is 14.7 Å². The van der Waals surface area contributed by atoms with Crippen LogP contribution in [-0.2, 0) is 9.59 Å². The molecule has 1 spiro atoms. The SMILES string of the molecule is CN(C)CC(=O)N1[C@@H](CO)[C@H](c2ccccc2)C12CN(C(=O)C1CCCC1)C2. The zero-order valence-electron chi connectivity index (χ0n) is 16.9. The molecule has 6 heteroatoms. The van der Waals surface area contributed by atoms with E-state index in [0.717, 1.165) is 31.2 Å². The largest absolute Gasteiger partial charge is 0.394 e. The van der Waals surface area contributed by atoms with Crippen molar-refractivity contribution in [2.75, 3.05) is 40.3 Å². The molecule has 2 atom stereocenters. The zero-order valence-corrected chi connectivity index (χ0v) is 16.9. The molecule has 0 radical (unpaired) electrons. The number of benzene rings is 1. The third-order valence-corrected chi connectivity index (χ3v) is 6.79. The van der Waals surface area contributed by atoms with Gasteiger partial charge in [-0.1, -0.05) is 43.2 Å². The van der Waals surface area contributed by atoms with E-state index in [4.69, 9.17) is 0 Å². The normalized spacial score (nSPS) is 26.4. The van der Waals surface area contributed by atoms with Gasteiger partial charge >= 0.3 is 0 Å². The molecule has 0 aromatic heterocycles. The van der Waals surface area contributed by atoms with Crippen molar-refractivity contribution in [2.45, 2.75) is 43.2 Å². The number of aliphatic hydroxyl groups is 1. The van der Waals surface area contributed by atoms with E-state index in [-0.39, 0.29) is 41.8 Å². The maximum atomic E-state index is 13.0. The van der Waals surface area contributed by atoms with Crippen molar-refractivity contribution in [3.63, 3.8) is 0 Å². The molecule has 28 heavy (non-hydrogen) atoms. The molecular formula is C22H31N3O3. The van der Waals surface area contributed by atoms with Crippen LogP contribution in [0.15, 0.2) is 30.3 Å². The average Bonchev–Trinajstić information content (AvgIpc) is 3.14. The van der Waals surface area contributed by atoms with E-state index in [2.05, 4.69) is 12.1 Å². The number of amides is 2. The van der Waals surface area contributed by atoms with Gasteiger partial charge < -0.3 is 19.8 Å². The first-order valence-corrected chi connectivity index (χ1v) is 10.4. The number of likely N-dealkylation sites (N-methyl/N-ethyl adjacent to an activating group) is 1. The number of carbonyl (C=O) groups excluding carboxylic acids is 2. The topological polar surface area (TPSA) is 64.1 Å². The minimum absolute atomic E-state index is 0.0317. The molecule has 0 bridgehead atoms. The molecule has 1 aliphatic carbocycles. The lowest BCUT2D eigenvalue weighted by atomic mass is 9.60. The van der Waals surface area contributed by atoms with Gasteiger partial charge in [-0.2, -0.15) is 0 Å². The molecule has 2 aliphatic heterocycles. The van der Waals surface area contributed by atoms with Crippen molar-refractivity contribution in [2.24, 2.45) is 5.92 Å². The van der Waals surface area contributed by atoms with Crippen LogP contribution in [0.25, 0.3) is 0 Å². The summed E-state index contributed by atoms with van der Waals surface area (Å²) in [4.78, 5) is 31.5. The monoisotopic (exact) mass is 385 g/mol. The smallest absolute Gasteiger partial charge is 0.237 e. The molecule has 152 valence electrons. The molecule has 4 rings (SSSR count). The summed E-state index contributed by atoms with van der Waals surface area (Å²) in [5.41, 5.74) is 0.763. The van der Waals surface area contributed by atoms with E-state index in [9.17, 15) is 14.7 Å². The van der Waals surface area contributed by atoms with Gasteiger partial charge in [0.15, 0.2) is 0 Å². The molecule has 6 nitrogen and oxygen atoms in total. The minimum Gasteiger partial charge on any atom is -0.394 e. The van der Waals surface area contributed by atoms with E-state index in [1.165, 1.54) is 0 Å². The Morgan fingerprint density at radius 3 is 2.36 bits per heavy atom. The summed E-state index contributed by atoms with van der Waals surface area (Å²) in [5, 5.41) is 10.1. The van der Waals surface area contributed by atoms with Crippen LogP contribution in [0.3, 0.4) is 0 Å². The van der Waals surface area contributed by atoms with Crippen molar-refractivity contribution in [3.8, 4) is 0 Å². The number of carbonyl (C=O) groups is 2. The van der Waals surface area contributed by atoms with Gasteiger partial charge in [0.2, 0.25) is 11.8 Å². The van der Waals surface area contributed by atoms with E-state index >= 15 is 0 Å². The number of rotatable bonds is 5. The Bertz CT molecular complexity index is 724.